The van der Waals surface area contributed by atoms with Crippen molar-refractivity contribution in [2.45, 2.75) is 33.3 Å². The first kappa shape index (κ1) is 24.0. The van der Waals surface area contributed by atoms with Gasteiger partial charge in [-0.05, 0) is 32.4 Å². The predicted octanol–water partition coefficient (Wildman–Crippen LogP) is 3.10. The lowest BCUT2D eigenvalue weighted by molar-refractivity contribution is -0.157. The summed E-state index contributed by atoms with van der Waals surface area (Å²) in [6, 6.07) is 3.15. The van der Waals surface area contributed by atoms with Crippen molar-refractivity contribution in [1.29, 1.82) is 0 Å². The summed E-state index contributed by atoms with van der Waals surface area (Å²) in [7, 11) is 0. The molecule has 1 fully saturated rings. The first-order valence-electron chi connectivity index (χ1n) is 10.3. The normalized spacial score (nSPS) is 15.3. The number of carbonyl (C=O) groups is 3. The molecule has 3 rings (SSSR count). The average molecular weight is 483 g/mol. The molecule has 172 valence electrons. The molecule has 2 aromatic rings. The largest absolute Gasteiger partial charge is 0.461 e. The first-order chi connectivity index (χ1) is 15.2. The summed E-state index contributed by atoms with van der Waals surface area (Å²) in [4.78, 5) is 49.1. The number of anilines is 1. The number of esters is 2. The van der Waals surface area contributed by atoms with Gasteiger partial charge in [0.1, 0.15) is 0 Å². The standard InChI is InChI=1S/C21H24Cl2N4O5/c1-4-31-21(30)18-19(25-17-11-15(23)14(22)10-16(17)24-18)26-6-5-7-27(9-8-26)20(29)12(2)32-13(3)28/h10-12H,4-9H2,1-3H3/t12-/m0/s1. The van der Waals surface area contributed by atoms with Gasteiger partial charge in [-0.1, -0.05) is 23.2 Å². The molecule has 0 aliphatic carbocycles. The van der Waals surface area contributed by atoms with E-state index in [0.717, 1.165) is 0 Å². The second-order valence-electron chi connectivity index (χ2n) is 7.29. The molecule has 32 heavy (non-hydrogen) atoms. The lowest BCUT2D eigenvalue weighted by Crippen LogP contribution is -2.42. The minimum Gasteiger partial charge on any atom is -0.461 e. The maximum Gasteiger partial charge on any atom is 0.360 e. The van der Waals surface area contributed by atoms with Gasteiger partial charge in [0.15, 0.2) is 17.6 Å². The molecule has 0 radical (unpaired) electrons. The quantitative estimate of drug-likeness (QED) is 0.598. The first-order valence-corrected chi connectivity index (χ1v) is 11.0. The average Bonchev–Trinajstić information content (AvgIpc) is 2.99. The number of amides is 1. The van der Waals surface area contributed by atoms with Crippen molar-refractivity contribution < 1.29 is 23.9 Å². The SMILES string of the molecule is CCOC(=O)c1nc2cc(Cl)c(Cl)cc2nc1N1CCCN(C(=O)[C@H](C)OC(C)=O)CC1. The number of halogens is 2. The van der Waals surface area contributed by atoms with Crippen LogP contribution in [-0.2, 0) is 19.1 Å². The molecule has 0 saturated carbocycles. The lowest BCUT2D eigenvalue weighted by atomic mass is 10.2. The number of aromatic nitrogens is 2. The second kappa shape index (κ2) is 10.3. The van der Waals surface area contributed by atoms with Gasteiger partial charge in [-0.2, -0.15) is 0 Å². The predicted molar refractivity (Wildman–Crippen MR) is 120 cm³/mol. The van der Waals surface area contributed by atoms with Crippen molar-refractivity contribution in [3.8, 4) is 0 Å². The minimum absolute atomic E-state index is 0.0748. The third-order valence-electron chi connectivity index (χ3n) is 4.95. The van der Waals surface area contributed by atoms with Gasteiger partial charge in [0.2, 0.25) is 0 Å². The Bertz CT molecular complexity index is 1050. The van der Waals surface area contributed by atoms with Crippen molar-refractivity contribution in [2.75, 3.05) is 37.7 Å². The Morgan fingerprint density at radius 3 is 2.34 bits per heavy atom. The number of hydrogen-bond acceptors (Lipinski definition) is 8. The second-order valence-corrected chi connectivity index (χ2v) is 8.10. The summed E-state index contributed by atoms with van der Waals surface area (Å²) < 4.78 is 10.2. The summed E-state index contributed by atoms with van der Waals surface area (Å²) >= 11 is 12.2. The summed E-state index contributed by atoms with van der Waals surface area (Å²) in [5.41, 5.74) is 0.988. The monoisotopic (exact) mass is 482 g/mol. The van der Waals surface area contributed by atoms with Crippen LogP contribution in [0, 0.1) is 0 Å². The Morgan fingerprint density at radius 1 is 1.06 bits per heavy atom. The van der Waals surface area contributed by atoms with E-state index in [1.165, 1.54) is 6.92 Å². The fourth-order valence-electron chi connectivity index (χ4n) is 3.51. The van der Waals surface area contributed by atoms with Crippen LogP contribution in [-0.4, -0.2) is 71.6 Å². The maximum atomic E-state index is 12.6. The highest BCUT2D eigenvalue weighted by Crippen LogP contribution is 2.29. The number of ether oxygens (including phenoxy) is 2. The van der Waals surface area contributed by atoms with Crippen molar-refractivity contribution >= 4 is 57.9 Å². The minimum atomic E-state index is -0.860. The number of nitrogens with zero attached hydrogens (tertiary/aromatic N) is 4. The Morgan fingerprint density at radius 2 is 1.72 bits per heavy atom. The van der Waals surface area contributed by atoms with Crippen LogP contribution in [0.2, 0.25) is 10.0 Å². The molecule has 0 bridgehead atoms. The zero-order valence-electron chi connectivity index (χ0n) is 18.1. The maximum absolute atomic E-state index is 12.6. The van der Waals surface area contributed by atoms with E-state index in [9.17, 15) is 14.4 Å². The van der Waals surface area contributed by atoms with Crippen molar-refractivity contribution in [2.24, 2.45) is 0 Å². The number of fused-ring (bicyclic) bond motifs is 1. The number of hydrogen-bond donors (Lipinski definition) is 0. The van der Waals surface area contributed by atoms with Gasteiger partial charge >= 0.3 is 11.9 Å². The van der Waals surface area contributed by atoms with Gasteiger partial charge in [0, 0.05) is 33.1 Å². The molecule has 0 unspecified atom stereocenters. The topological polar surface area (TPSA) is 102 Å². The van der Waals surface area contributed by atoms with E-state index in [2.05, 4.69) is 9.97 Å². The van der Waals surface area contributed by atoms with Crippen LogP contribution in [0.3, 0.4) is 0 Å². The third-order valence-corrected chi connectivity index (χ3v) is 5.68. The summed E-state index contributed by atoms with van der Waals surface area (Å²) in [5.74, 6) is -1.01. The molecule has 1 aromatic heterocycles. The van der Waals surface area contributed by atoms with E-state index in [-0.39, 0.29) is 18.2 Å². The van der Waals surface area contributed by atoms with Crippen LogP contribution < -0.4 is 4.90 Å². The number of carbonyl (C=O) groups excluding carboxylic acids is 3. The molecule has 1 aromatic carbocycles. The van der Waals surface area contributed by atoms with Gasteiger partial charge < -0.3 is 19.3 Å². The van der Waals surface area contributed by atoms with Crippen molar-refractivity contribution in [3.63, 3.8) is 0 Å². The van der Waals surface area contributed by atoms with Gasteiger partial charge in [0.25, 0.3) is 5.91 Å². The molecule has 1 atom stereocenters. The number of benzene rings is 1. The molecule has 2 heterocycles. The fraction of sp³-hybridized carbons (Fsp3) is 0.476. The van der Waals surface area contributed by atoms with E-state index >= 15 is 0 Å². The molecule has 11 heteroatoms. The van der Waals surface area contributed by atoms with E-state index in [1.54, 1.807) is 30.9 Å². The van der Waals surface area contributed by atoms with E-state index in [0.29, 0.717) is 59.5 Å². The van der Waals surface area contributed by atoms with Gasteiger partial charge in [-0.25, -0.2) is 14.8 Å². The summed E-state index contributed by atoms with van der Waals surface area (Å²) in [6.45, 7) is 6.52. The zero-order valence-corrected chi connectivity index (χ0v) is 19.6. The van der Waals surface area contributed by atoms with Crippen molar-refractivity contribution in [3.05, 3.63) is 27.9 Å². The van der Waals surface area contributed by atoms with Crippen LogP contribution in [0.4, 0.5) is 5.82 Å². The number of rotatable bonds is 5. The molecular formula is C21H24Cl2N4O5. The molecular weight excluding hydrogens is 459 g/mol. The Labute approximate surface area is 195 Å². The van der Waals surface area contributed by atoms with Crippen LogP contribution in [0.15, 0.2) is 12.1 Å². The highest BCUT2D eigenvalue weighted by atomic mass is 35.5. The van der Waals surface area contributed by atoms with E-state index in [4.69, 9.17) is 32.7 Å². The molecule has 1 aliphatic heterocycles. The smallest absolute Gasteiger partial charge is 0.360 e. The van der Waals surface area contributed by atoms with Gasteiger partial charge in [-0.3, -0.25) is 9.59 Å². The molecule has 0 spiro atoms. The van der Waals surface area contributed by atoms with Crippen LogP contribution in [0.5, 0.6) is 0 Å². The molecule has 1 saturated heterocycles. The zero-order chi connectivity index (χ0) is 23.4. The summed E-state index contributed by atoms with van der Waals surface area (Å²) in [5, 5.41) is 0.636. The van der Waals surface area contributed by atoms with Crippen molar-refractivity contribution in [1.82, 2.24) is 14.9 Å². The Balaban J connectivity index is 1.91. The molecule has 1 aliphatic rings. The van der Waals surface area contributed by atoms with Crippen LogP contribution in [0.1, 0.15) is 37.7 Å². The van der Waals surface area contributed by atoms with E-state index in [1.807, 2.05) is 4.90 Å². The van der Waals surface area contributed by atoms with Gasteiger partial charge in [0.05, 0.1) is 27.7 Å². The highest BCUT2D eigenvalue weighted by Gasteiger charge is 2.28. The molecule has 9 nitrogen and oxygen atoms in total. The van der Waals surface area contributed by atoms with Crippen LogP contribution >= 0.6 is 23.2 Å². The molecule has 0 N–H and O–H groups in total. The fourth-order valence-corrected chi connectivity index (χ4v) is 3.82. The lowest BCUT2D eigenvalue weighted by Gasteiger charge is -2.25. The van der Waals surface area contributed by atoms with Crippen LogP contribution in [0.25, 0.3) is 11.0 Å². The Kier molecular flexibility index (Phi) is 7.73. The van der Waals surface area contributed by atoms with E-state index < -0.39 is 18.0 Å². The van der Waals surface area contributed by atoms with Gasteiger partial charge in [-0.15, -0.1) is 0 Å². The molecule has 1 amide bonds. The summed E-state index contributed by atoms with van der Waals surface area (Å²) in [6.07, 6.45) is -0.233. The Hall–Kier alpha value is -2.65. The highest BCUT2D eigenvalue weighted by molar-refractivity contribution is 6.42. The third kappa shape index (κ3) is 5.39.